The number of likely N-dealkylation sites (N-methyl/N-ethyl adjacent to an activating group) is 1. The molecule has 0 aliphatic heterocycles. The Morgan fingerprint density at radius 3 is 2.57 bits per heavy atom. The van der Waals surface area contributed by atoms with Crippen molar-refractivity contribution >= 4 is 15.9 Å². The molecule has 0 heterocycles. The molecule has 2 aromatic carbocycles. The van der Waals surface area contributed by atoms with Gasteiger partial charge in [0.05, 0.1) is 4.47 Å². The van der Waals surface area contributed by atoms with E-state index in [9.17, 15) is 13.2 Å². The molecule has 0 fully saturated rings. The third kappa shape index (κ3) is 3.86. The van der Waals surface area contributed by atoms with Gasteiger partial charge in [-0.25, -0.2) is 13.2 Å². The lowest BCUT2D eigenvalue weighted by molar-refractivity contribution is 0.495. The normalized spacial score (nSPS) is 12.4. The second-order valence-corrected chi connectivity index (χ2v) is 5.55. The molecule has 2 aromatic rings. The molecular weight excluding hydrogens is 343 g/mol. The fourth-order valence-electron chi connectivity index (χ4n) is 2.24. The topological polar surface area (TPSA) is 12.0 Å². The molecule has 0 saturated carbocycles. The number of nitrogens with one attached hydrogen (secondary N) is 1. The van der Waals surface area contributed by atoms with Gasteiger partial charge in [-0.2, -0.15) is 0 Å². The average molecular weight is 358 g/mol. The predicted molar refractivity (Wildman–Crippen MR) is 80.6 cm³/mol. The van der Waals surface area contributed by atoms with E-state index in [1.807, 2.05) is 6.92 Å². The van der Waals surface area contributed by atoms with Gasteiger partial charge in [-0.15, -0.1) is 0 Å². The summed E-state index contributed by atoms with van der Waals surface area (Å²) in [6, 6.07) is 8.24. The van der Waals surface area contributed by atoms with Crippen LogP contribution in [-0.2, 0) is 6.42 Å². The molecular formula is C16H15BrF3N. The van der Waals surface area contributed by atoms with Crippen LogP contribution in [0.4, 0.5) is 13.2 Å². The van der Waals surface area contributed by atoms with E-state index >= 15 is 0 Å². The highest BCUT2D eigenvalue weighted by Crippen LogP contribution is 2.27. The number of hydrogen-bond acceptors (Lipinski definition) is 1. The summed E-state index contributed by atoms with van der Waals surface area (Å²) in [7, 11) is 0. The Kier molecular flexibility index (Phi) is 5.42. The van der Waals surface area contributed by atoms with Crippen LogP contribution in [0.3, 0.4) is 0 Å². The highest BCUT2D eigenvalue weighted by atomic mass is 79.9. The van der Waals surface area contributed by atoms with Crippen molar-refractivity contribution in [2.45, 2.75) is 19.4 Å². The molecule has 0 aromatic heterocycles. The Morgan fingerprint density at radius 1 is 1.14 bits per heavy atom. The van der Waals surface area contributed by atoms with Crippen molar-refractivity contribution in [3.63, 3.8) is 0 Å². The standard InChI is InChI=1S/C16H15BrF3N/c1-2-21-15(10-4-3-5-11(18)8-10)9-12-14(19)7-6-13(17)16(12)20/h3-8,15,21H,2,9H2,1H3. The van der Waals surface area contributed by atoms with Crippen LogP contribution in [0.5, 0.6) is 0 Å². The predicted octanol–water partition coefficient (Wildman–Crippen LogP) is 4.76. The summed E-state index contributed by atoms with van der Waals surface area (Å²) in [4.78, 5) is 0. The van der Waals surface area contributed by atoms with Crippen LogP contribution < -0.4 is 5.32 Å². The minimum Gasteiger partial charge on any atom is -0.310 e. The summed E-state index contributed by atoms with van der Waals surface area (Å²) < 4.78 is 41.5. The zero-order chi connectivity index (χ0) is 15.4. The van der Waals surface area contributed by atoms with Gasteiger partial charge >= 0.3 is 0 Å². The molecule has 112 valence electrons. The quantitative estimate of drug-likeness (QED) is 0.760. The number of hydrogen-bond donors (Lipinski definition) is 1. The Bertz CT molecular complexity index is 631. The zero-order valence-electron chi connectivity index (χ0n) is 11.5. The number of rotatable bonds is 5. The van der Waals surface area contributed by atoms with E-state index in [1.54, 1.807) is 12.1 Å². The first kappa shape index (κ1) is 16.0. The lowest BCUT2D eigenvalue weighted by atomic mass is 9.98. The molecule has 2 rings (SSSR count). The third-order valence-corrected chi connectivity index (χ3v) is 3.86. The Hall–Kier alpha value is -1.33. The Balaban J connectivity index is 2.35. The first-order valence-corrected chi connectivity index (χ1v) is 7.43. The zero-order valence-corrected chi connectivity index (χ0v) is 13.1. The van der Waals surface area contributed by atoms with Gasteiger partial charge in [0, 0.05) is 11.6 Å². The van der Waals surface area contributed by atoms with Crippen LogP contribution in [0.25, 0.3) is 0 Å². The minimum absolute atomic E-state index is 0.0143. The molecule has 0 bridgehead atoms. The summed E-state index contributed by atoms with van der Waals surface area (Å²) in [6.45, 7) is 2.50. The Labute approximate surface area is 130 Å². The molecule has 0 spiro atoms. The highest BCUT2D eigenvalue weighted by molar-refractivity contribution is 9.10. The minimum atomic E-state index is -0.616. The second-order valence-electron chi connectivity index (χ2n) is 4.69. The summed E-state index contributed by atoms with van der Waals surface area (Å²) in [5, 5.41) is 3.13. The molecule has 1 atom stereocenters. The lowest BCUT2D eigenvalue weighted by Gasteiger charge is -2.19. The van der Waals surface area contributed by atoms with Crippen LogP contribution in [0.1, 0.15) is 24.1 Å². The summed E-state index contributed by atoms with van der Waals surface area (Å²) in [5.74, 6) is -1.59. The highest BCUT2D eigenvalue weighted by Gasteiger charge is 2.19. The van der Waals surface area contributed by atoms with E-state index < -0.39 is 11.6 Å². The fraction of sp³-hybridized carbons (Fsp3) is 0.250. The van der Waals surface area contributed by atoms with E-state index in [4.69, 9.17) is 0 Å². The SMILES string of the molecule is CCNC(Cc1c(F)ccc(Br)c1F)c1cccc(F)c1. The third-order valence-electron chi connectivity index (χ3n) is 3.25. The summed E-state index contributed by atoms with van der Waals surface area (Å²) in [5.41, 5.74) is 0.648. The molecule has 0 aliphatic rings. The molecule has 0 radical (unpaired) electrons. The molecule has 0 saturated heterocycles. The van der Waals surface area contributed by atoms with E-state index in [0.29, 0.717) is 12.1 Å². The van der Waals surface area contributed by atoms with E-state index in [1.165, 1.54) is 24.3 Å². The maximum absolute atomic E-state index is 14.1. The summed E-state index contributed by atoms with van der Waals surface area (Å²) in [6.07, 6.45) is 0.106. The Morgan fingerprint density at radius 2 is 1.90 bits per heavy atom. The maximum atomic E-state index is 14.1. The molecule has 1 unspecified atom stereocenters. The van der Waals surface area contributed by atoms with Crippen molar-refractivity contribution < 1.29 is 13.2 Å². The van der Waals surface area contributed by atoms with Crippen molar-refractivity contribution in [1.82, 2.24) is 5.32 Å². The number of benzene rings is 2. The molecule has 1 N–H and O–H groups in total. The monoisotopic (exact) mass is 357 g/mol. The first-order valence-electron chi connectivity index (χ1n) is 6.64. The van der Waals surface area contributed by atoms with Crippen molar-refractivity contribution in [3.8, 4) is 0 Å². The van der Waals surface area contributed by atoms with Crippen LogP contribution >= 0.6 is 15.9 Å². The fourth-order valence-corrected chi connectivity index (χ4v) is 2.61. The van der Waals surface area contributed by atoms with Gasteiger partial charge in [0.1, 0.15) is 17.5 Å². The molecule has 21 heavy (non-hydrogen) atoms. The first-order chi connectivity index (χ1) is 10.0. The van der Waals surface area contributed by atoms with Crippen LogP contribution in [0.2, 0.25) is 0 Å². The molecule has 0 aliphatic carbocycles. The van der Waals surface area contributed by atoms with Gasteiger partial charge in [-0.3, -0.25) is 0 Å². The van der Waals surface area contributed by atoms with Crippen LogP contribution in [0, 0.1) is 17.5 Å². The van der Waals surface area contributed by atoms with Crippen molar-refractivity contribution in [2.24, 2.45) is 0 Å². The molecule has 1 nitrogen and oxygen atoms in total. The van der Waals surface area contributed by atoms with Gasteiger partial charge in [-0.05, 0) is 58.7 Å². The van der Waals surface area contributed by atoms with Crippen LogP contribution in [0.15, 0.2) is 40.9 Å². The van der Waals surface area contributed by atoms with Gasteiger partial charge in [0.15, 0.2) is 0 Å². The largest absolute Gasteiger partial charge is 0.310 e. The maximum Gasteiger partial charge on any atom is 0.143 e. The smallest absolute Gasteiger partial charge is 0.143 e. The van der Waals surface area contributed by atoms with Gasteiger partial charge in [0.2, 0.25) is 0 Å². The number of halogens is 4. The van der Waals surface area contributed by atoms with Crippen LogP contribution in [-0.4, -0.2) is 6.54 Å². The van der Waals surface area contributed by atoms with E-state index in [-0.39, 0.29) is 28.3 Å². The van der Waals surface area contributed by atoms with Crippen molar-refractivity contribution in [1.29, 1.82) is 0 Å². The molecule has 0 amide bonds. The van der Waals surface area contributed by atoms with Gasteiger partial charge < -0.3 is 5.32 Å². The van der Waals surface area contributed by atoms with E-state index in [2.05, 4.69) is 21.2 Å². The van der Waals surface area contributed by atoms with Crippen molar-refractivity contribution in [3.05, 3.63) is 69.4 Å². The summed E-state index contributed by atoms with van der Waals surface area (Å²) >= 11 is 3.05. The van der Waals surface area contributed by atoms with Gasteiger partial charge in [0.25, 0.3) is 0 Å². The average Bonchev–Trinajstić information content (AvgIpc) is 2.46. The van der Waals surface area contributed by atoms with Crippen molar-refractivity contribution in [2.75, 3.05) is 6.54 Å². The molecule has 5 heteroatoms. The van der Waals surface area contributed by atoms with E-state index in [0.717, 1.165) is 0 Å². The lowest BCUT2D eigenvalue weighted by Crippen LogP contribution is -2.24. The van der Waals surface area contributed by atoms with Gasteiger partial charge in [-0.1, -0.05) is 19.1 Å². The second kappa shape index (κ2) is 7.09.